The Balaban J connectivity index is 1.78. The van der Waals surface area contributed by atoms with Gasteiger partial charge in [0.25, 0.3) is 5.69 Å². The monoisotopic (exact) mass is 472 g/mol. The molecule has 0 aromatic heterocycles. The quantitative estimate of drug-likeness (QED) is 0.311. The molecule has 0 saturated carbocycles. The highest BCUT2D eigenvalue weighted by atomic mass is 35.5. The molecule has 1 heterocycles. The highest BCUT2D eigenvalue weighted by Gasteiger charge is 2.31. The number of hydrogen-bond donors (Lipinski definition) is 0. The number of ether oxygens (including phenoxy) is 2. The number of rotatable bonds is 6. The van der Waals surface area contributed by atoms with Crippen LogP contribution in [-0.4, -0.2) is 42.5 Å². The molecule has 0 amide bonds. The summed E-state index contributed by atoms with van der Waals surface area (Å²) in [5.41, 5.74) is -1.74. The number of piperidine rings is 1. The standard InChI is InChI=1S/C21H20ClF3N2O5/c1-26-8-2-3-13(11-26)12-31-20(28)16-10-15(5-6-18(16)27(29)30)32-19-7-4-14(9-17(19)22)21(23,24)25/h4-7,9-10,13H,2-3,8,11-12H2,1H3. The lowest BCUT2D eigenvalue weighted by Gasteiger charge is -2.29. The van der Waals surface area contributed by atoms with Gasteiger partial charge in [-0.3, -0.25) is 10.1 Å². The molecule has 0 spiro atoms. The van der Waals surface area contributed by atoms with Gasteiger partial charge in [0.1, 0.15) is 17.1 Å². The van der Waals surface area contributed by atoms with Gasteiger partial charge in [0.05, 0.1) is 22.1 Å². The molecule has 0 bridgehead atoms. The van der Waals surface area contributed by atoms with Gasteiger partial charge in [0, 0.05) is 24.6 Å². The fraction of sp³-hybridized carbons (Fsp3) is 0.381. The average Bonchev–Trinajstić information content (AvgIpc) is 2.72. The van der Waals surface area contributed by atoms with E-state index in [2.05, 4.69) is 4.90 Å². The number of nitrogens with zero attached hydrogens (tertiary/aromatic N) is 2. The van der Waals surface area contributed by atoms with Crippen LogP contribution in [0.25, 0.3) is 0 Å². The Morgan fingerprint density at radius 2 is 2.03 bits per heavy atom. The van der Waals surface area contributed by atoms with Crippen molar-refractivity contribution in [2.75, 3.05) is 26.7 Å². The Bertz CT molecular complexity index is 1020. The third kappa shape index (κ3) is 5.89. The summed E-state index contributed by atoms with van der Waals surface area (Å²) in [6, 6.07) is 5.94. The molecule has 0 N–H and O–H groups in total. The Morgan fingerprint density at radius 1 is 1.28 bits per heavy atom. The van der Waals surface area contributed by atoms with Crippen LogP contribution >= 0.6 is 11.6 Å². The van der Waals surface area contributed by atoms with Crippen molar-refractivity contribution in [3.63, 3.8) is 0 Å². The molecular formula is C21H20ClF3N2O5. The van der Waals surface area contributed by atoms with Gasteiger partial charge in [-0.1, -0.05) is 11.6 Å². The highest BCUT2D eigenvalue weighted by molar-refractivity contribution is 6.32. The number of nitro benzene ring substituents is 1. The van der Waals surface area contributed by atoms with Crippen molar-refractivity contribution >= 4 is 23.3 Å². The van der Waals surface area contributed by atoms with Crippen LogP contribution in [0.4, 0.5) is 18.9 Å². The van der Waals surface area contributed by atoms with E-state index in [1.165, 1.54) is 6.07 Å². The highest BCUT2D eigenvalue weighted by Crippen LogP contribution is 2.37. The first-order chi connectivity index (χ1) is 15.0. The summed E-state index contributed by atoms with van der Waals surface area (Å²) in [6.45, 7) is 1.84. The third-order valence-electron chi connectivity index (χ3n) is 5.04. The summed E-state index contributed by atoms with van der Waals surface area (Å²) in [5.74, 6) is -0.865. The van der Waals surface area contributed by atoms with Crippen LogP contribution < -0.4 is 4.74 Å². The summed E-state index contributed by atoms with van der Waals surface area (Å²) >= 11 is 5.89. The van der Waals surface area contributed by atoms with Gasteiger partial charge >= 0.3 is 12.1 Å². The van der Waals surface area contributed by atoms with Crippen molar-refractivity contribution in [1.29, 1.82) is 0 Å². The van der Waals surface area contributed by atoms with Crippen LogP contribution in [0, 0.1) is 16.0 Å². The Kier molecular flexibility index (Phi) is 7.25. The molecule has 0 aliphatic carbocycles. The summed E-state index contributed by atoms with van der Waals surface area (Å²) in [7, 11) is 1.96. The fourth-order valence-corrected chi connectivity index (χ4v) is 3.69. The Hall–Kier alpha value is -2.85. The van der Waals surface area contributed by atoms with Crippen molar-refractivity contribution in [2.24, 2.45) is 5.92 Å². The first kappa shape index (κ1) is 23.8. The second-order valence-corrected chi connectivity index (χ2v) is 7.96. The predicted octanol–water partition coefficient (Wildman–Crippen LogP) is 5.56. The number of benzene rings is 2. The van der Waals surface area contributed by atoms with Gasteiger partial charge in [-0.15, -0.1) is 0 Å². The summed E-state index contributed by atoms with van der Waals surface area (Å²) in [5, 5.41) is 11.1. The van der Waals surface area contributed by atoms with Crippen molar-refractivity contribution < 1.29 is 32.4 Å². The molecule has 172 valence electrons. The predicted molar refractivity (Wildman–Crippen MR) is 110 cm³/mol. The van der Waals surface area contributed by atoms with Gasteiger partial charge in [-0.25, -0.2) is 4.79 Å². The zero-order chi connectivity index (χ0) is 23.5. The lowest BCUT2D eigenvalue weighted by atomic mass is 9.99. The average molecular weight is 473 g/mol. The number of alkyl halides is 3. The molecule has 0 radical (unpaired) electrons. The van der Waals surface area contributed by atoms with Crippen LogP contribution in [0.5, 0.6) is 11.5 Å². The fourth-order valence-electron chi connectivity index (χ4n) is 3.47. The van der Waals surface area contributed by atoms with Crippen LogP contribution in [0.3, 0.4) is 0 Å². The minimum Gasteiger partial charge on any atom is -0.462 e. The van der Waals surface area contributed by atoms with Crippen LogP contribution in [0.15, 0.2) is 36.4 Å². The molecule has 7 nitrogen and oxygen atoms in total. The molecule has 3 rings (SSSR count). The normalized spacial score (nSPS) is 17.1. The lowest BCUT2D eigenvalue weighted by molar-refractivity contribution is -0.385. The van der Waals surface area contributed by atoms with E-state index in [0.29, 0.717) is 6.07 Å². The molecular weight excluding hydrogens is 453 g/mol. The largest absolute Gasteiger partial charge is 0.462 e. The second kappa shape index (κ2) is 9.74. The molecule has 1 aliphatic rings. The number of likely N-dealkylation sites (tertiary alicyclic amines) is 1. The van der Waals surface area contributed by atoms with E-state index in [9.17, 15) is 28.1 Å². The van der Waals surface area contributed by atoms with Crippen molar-refractivity contribution in [3.8, 4) is 11.5 Å². The molecule has 2 aromatic rings. The third-order valence-corrected chi connectivity index (χ3v) is 5.34. The van der Waals surface area contributed by atoms with Gasteiger partial charge in [0.15, 0.2) is 0 Å². The summed E-state index contributed by atoms with van der Waals surface area (Å²) < 4.78 is 49.2. The van der Waals surface area contributed by atoms with Crippen LogP contribution in [0.2, 0.25) is 5.02 Å². The minimum absolute atomic E-state index is 0.0124. The smallest absolute Gasteiger partial charge is 0.416 e. The molecule has 11 heteroatoms. The van der Waals surface area contributed by atoms with Crippen LogP contribution in [0.1, 0.15) is 28.8 Å². The first-order valence-corrected chi connectivity index (χ1v) is 10.1. The van der Waals surface area contributed by atoms with Gasteiger partial charge < -0.3 is 14.4 Å². The van der Waals surface area contributed by atoms with E-state index in [1.54, 1.807) is 0 Å². The summed E-state index contributed by atoms with van der Waals surface area (Å²) in [4.78, 5) is 25.3. The second-order valence-electron chi connectivity index (χ2n) is 7.55. The SMILES string of the molecule is CN1CCCC(COC(=O)c2cc(Oc3ccc(C(F)(F)F)cc3Cl)ccc2[N+](=O)[O-])C1. The number of halogens is 4. The first-order valence-electron chi connectivity index (χ1n) is 9.73. The topological polar surface area (TPSA) is 81.9 Å². The molecule has 1 saturated heterocycles. The van der Waals surface area contributed by atoms with Gasteiger partial charge in [-0.2, -0.15) is 13.2 Å². The van der Waals surface area contributed by atoms with Crippen molar-refractivity contribution in [2.45, 2.75) is 19.0 Å². The lowest BCUT2D eigenvalue weighted by Crippen LogP contribution is -2.34. The molecule has 2 aromatic carbocycles. The molecule has 1 unspecified atom stereocenters. The zero-order valence-corrected chi connectivity index (χ0v) is 17.8. The zero-order valence-electron chi connectivity index (χ0n) is 17.0. The molecule has 32 heavy (non-hydrogen) atoms. The van der Waals surface area contributed by atoms with Gasteiger partial charge in [-0.05, 0) is 50.7 Å². The Labute approximate surface area is 186 Å². The molecule has 1 aliphatic heterocycles. The van der Waals surface area contributed by atoms with E-state index >= 15 is 0 Å². The molecule has 1 atom stereocenters. The number of hydrogen-bond acceptors (Lipinski definition) is 6. The maximum absolute atomic E-state index is 12.8. The maximum Gasteiger partial charge on any atom is 0.416 e. The maximum atomic E-state index is 12.8. The van der Waals surface area contributed by atoms with Crippen molar-refractivity contribution in [3.05, 3.63) is 62.7 Å². The van der Waals surface area contributed by atoms with E-state index in [4.69, 9.17) is 21.1 Å². The number of esters is 1. The summed E-state index contributed by atoms with van der Waals surface area (Å²) in [6.07, 6.45) is -2.72. The number of carbonyl (C=O) groups excluding carboxylic acids is 1. The van der Waals surface area contributed by atoms with E-state index in [-0.39, 0.29) is 34.6 Å². The van der Waals surface area contributed by atoms with Crippen molar-refractivity contribution in [1.82, 2.24) is 4.90 Å². The number of nitro groups is 1. The van der Waals surface area contributed by atoms with Gasteiger partial charge in [0.2, 0.25) is 0 Å². The number of carbonyl (C=O) groups is 1. The van der Waals surface area contributed by atoms with E-state index in [1.807, 2.05) is 7.05 Å². The van der Waals surface area contributed by atoms with Crippen LogP contribution in [-0.2, 0) is 10.9 Å². The van der Waals surface area contributed by atoms with E-state index < -0.39 is 28.3 Å². The Morgan fingerprint density at radius 3 is 2.66 bits per heavy atom. The molecule has 1 fully saturated rings. The van der Waals surface area contributed by atoms with E-state index in [0.717, 1.165) is 50.2 Å². The minimum atomic E-state index is -4.57.